The number of benzene rings is 1. The van der Waals surface area contributed by atoms with Crippen LogP contribution < -0.4 is 10.2 Å². The van der Waals surface area contributed by atoms with E-state index in [9.17, 15) is 18.0 Å². The van der Waals surface area contributed by atoms with Crippen molar-refractivity contribution in [1.82, 2.24) is 10.4 Å². The lowest BCUT2D eigenvalue weighted by molar-refractivity contribution is -0.202. The second-order valence-electron chi connectivity index (χ2n) is 7.24. The molecular formula is C19H27F3N2O2. The molecule has 0 saturated carbocycles. The molecule has 1 aromatic rings. The van der Waals surface area contributed by atoms with Crippen LogP contribution in [0.25, 0.3) is 0 Å². The molecule has 1 aromatic carbocycles. The Kier molecular flexibility index (Phi) is 6.55. The molecule has 0 spiro atoms. The van der Waals surface area contributed by atoms with Crippen molar-refractivity contribution in [3.05, 3.63) is 29.8 Å². The Labute approximate surface area is 152 Å². The molecule has 1 aliphatic rings. The fraction of sp³-hybridized carbons (Fsp3) is 0.632. The first-order valence-corrected chi connectivity index (χ1v) is 9.01. The molecule has 0 radical (unpaired) electrons. The minimum absolute atomic E-state index is 0.0516. The number of nitrogens with one attached hydrogen (secondary N) is 1. The van der Waals surface area contributed by atoms with Gasteiger partial charge in [-0.2, -0.15) is 13.2 Å². The third-order valence-electron chi connectivity index (χ3n) is 4.63. The summed E-state index contributed by atoms with van der Waals surface area (Å²) in [6, 6.07) is 5.92. The summed E-state index contributed by atoms with van der Waals surface area (Å²) in [7, 11) is 0. The van der Waals surface area contributed by atoms with Crippen molar-refractivity contribution in [3.63, 3.8) is 0 Å². The molecule has 1 atom stereocenters. The Morgan fingerprint density at radius 1 is 1.27 bits per heavy atom. The summed E-state index contributed by atoms with van der Waals surface area (Å²) < 4.78 is 46.2. The number of unbranched alkanes of at least 4 members (excludes halogenated alkanes) is 1. The average Bonchev–Trinajstić information content (AvgIpc) is 2.80. The van der Waals surface area contributed by atoms with Crippen molar-refractivity contribution >= 4 is 5.91 Å². The Morgan fingerprint density at radius 2 is 1.96 bits per heavy atom. The zero-order valence-electron chi connectivity index (χ0n) is 15.5. The molecule has 26 heavy (non-hydrogen) atoms. The highest BCUT2D eigenvalue weighted by Crippen LogP contribution is 2.35. The van der Waals surface area contributed by atoms with E-state index in [1.807, 2.05) is 31.2 Å². The van der Waals surface area contributed by atoms with Crippen LogP contribution in [0, 0.1) is 0 Å². The van der Waals surface area contributed by atoms with Crippen molar-refractivity contribution in [2.75, 3.05) is 6.61 Å². The van der Waals surface area contributed by atoms with Gasteiger partial charge in [0.15, 0.2) is 0 Å². The summed E-state index contributed by atoms with van der Waals surface area (Å²) in [5.74, 6) is 0.421. The molecule has 146 valence electrons. The lowest BCUT2D eigenvalue weighted by Crippen LogP contribution is -2.56. The van der Waals surface area contributed by atoms with E-state index in [0.29, 0.717) is 25.9 Å². The number of carbonyl (C=O) groups is 1. The van der Waals surface area contributed by atoms with Gasteiger partial charge in [0.25, 0.3) is 0 Å². The van der Waals surface area contributed by atoms with Gasteiger partial charge in [-0.3, -0.25) is 10.2 Å². The van der Waals surface area contributed by atoms with Crippen LogP contribution in [0.2, 0.25) is 0 Å². The van der Waals surface area contributed by atoms with Crippen molar-refractivity contribution in [2.24, 2.45) is 0 Å². The monoisotopic (exact) mass is 372 g/mol. The van der Waals surface area contributed by atoms with Gasteiger partial charge in [0.05, 0.1) is 6.61 Å². The quantitative estimate of drug-likeness (QED) is 0.694. The van der Waals surface area contributed by atoms with Crippen molar-refractivity contribution in [1.29, 1.82) is 0 Å². The molecule has 1 fully saturated rings. The van der Waals surface area contributed by atoms with Crippen LogP contribution in [0.15, 0.2) is 24.3 Å². The van der Waals surface area contributed by atoms with E-state index in [1.54, 1.807) is 13.8 Å². The molecule has 0 aromatic heterocycles. The van der Waals surface area contributed by atoms with Gasteiger partial charge in [-0.05, 0) is 51.7 Å². The molecule has 0 aliphatic carbocycles. The highest BCUT2D eigenvalue weighted by atomic mass is 19.4. The van der Waals surface area contributed by atoms with Crippen LogP contribution >= 0.6 is 0 Å². The number of nitrogens with zero attached hydrogens (tertiary/aromatic N) is 1. The molecule has 1 amide bonds. The van der Waals surface area contributed by atoms with Gasteiger partial charge in [-0.25, -0.2) is 5.01 Å². The van der Waals surface area contributed by atoms with Gasteiger partial charge < -0.3 is 4.74 Å². The SMILES string of the molecule is CCOc1ccccc1CCCCC(N1NC(=O)CC1(C)C)C(F)(F)F. The lowest BCUT2D eigenvalue weighted by Gasteiger charge is -2.37. The number of carbonyl (C=O) groups excluding carboxylic acids is 1. The van der Waals surface area contributed by atoms with Crippen molar-refractivity contribution in [2.45, 2.75) is 70.6 Å². The van der Waals surface area contributed by atoms with Crippen molar-refractivity contribution < 1.29 is 22.7 Å². The molecule has 0 bridgehead atoms. The Balaban J connectivity index is 1.96. The summed E-state index contributed by atoms with van der Waals surface area (Å²) in [4.78, 5) is 11.6. The number of para-hydroxylation sites is 1. The van der Waals surface area contributed by atoms with Crippen LogP contribution in [-0.4, -0.2) is 35.3 Å². The van der Waals surface area contributed by atoms with Crippen LogP contribution in [0.3, 0.4) is 0 Å². The predicted octanol–water partition coefficient (Wildman–Crippen LogP) is 4.24. The number of halogens is 3. The molecular weight excluding hydrogens is 345 g/mol. The number of hydrazine groups is 1. The number of amides is 1. The van der Waals surface area contributed by atoms with E-state index < -0.39 is 17.8 Å². The number of ether oxygens (including phenoxy) is 1. The first-order valence-electron chi connectivity index (χ1n) is 9.01. The van der Waals surface area contributed by atoms with Gasteiger partial charge >= 0.3 is 6.18 Å². The largest absolute Gasteiger partial charge is 0.494 e. The standard InChI is InChI=1S/C19H27F3N2O2/c1-4-26-15-11-7-5-9-14(15)10-6-8-12-16(19(20,21)22)24-18(2,3)13-17(25)23-24/h5,7,9,11,16H,4,6,8,10,12-13H2,1-3H3,(H,23,25). The Hall–Kier alpha value is -1.76. The summed E-state index contributed by atoms with van der Waals surface area (Å²) in [6.45, 7) is 5.76. The second-order valence-corrected chi connectivity index (χ2v) is 7.24. The fourth-order valence-electron chi connectivity index (χ4n) is 3.40. The lowest BCUT2D eigenvalue weighted by atomic mass is 9.97. The predicted molar refractivity (Wildman–Crippen MR) is 93.7 cm³/mol. The summed E-state index contributed by atoms with van der Waals surface area (Å²) >= 11 is 0. The third-order valence-corrected chi connectivity index (χ3v) is 4.63. The molecule has 1 heterocycles. The first-order chi connectivity index (χ1) is 12.1. The molecule has 4 nitrogen and oxygen atoms in total. The molecule has 1 N–H and O–H groups in total. The normalized spacial score (nSPS) is 18.6. The van der Waals surface area contributed by atoms with Gasteiger partial charge in [0.1, 0.15) is 11.8 Å². The third kappa shape index (κ3) is 5.13. The number of hydrogen-bond acceptors (Lipinski definition) is 3. The molecule has 1 saturated heterocycles. The molecule has 2 rings (SSSR count). The maximum atomic E-state index is 13.5. The van der Waals surface area contributed by atoms with E-state index in [-0.39, 0.29) is 18.7 Å². The maximum absolute atomic E-state index is 13.5. The number of rotatable bonds is 8. The average molecular weight is 372 g/mol. The zero-order valence-corrected chi connectivity index (χ0v) is 15.5. The minimum Gasteiger partial charge on any atom is -0.494 e. The highest BCUT2D eigenvalue weighted by molar-refractivity contribution is 5.78. The van der Waals surface area contributed by atoms with E-state index in [1.165, 1.54) is 0 Å². The van der Waals surface area contributed by atoms with E-state index in [4.69, 9.17) is 4.74 Å². The number of alkyl halides is 3. The second kappa shape index (κ2) is 8.29. The van der Waals surface area contributed by atoms with Gasteiger partial charge in [0, 0.05) is 12.0 Å². The van der Waals surface area contributed by atoms with E-state index in [2.05, 4.69) is 5.43 Å². The summed E-state index contributed by atoms with van der Waals surface area (Å²) in [6.07, 6.45) is -2.67. The van der Waals surface area contributed by atoms with Crippen molar-refractivity contribution in [3.8, 4) is 5.75 Å². The Morgan fingerprint density at radius 3 is 2.54 bits per heavy atom. The topological polar surface area (TPSA) is 41.6 Å². The fourth-order valence-corrected chi connectivity index (χ4v) is 3.40. The first kappa shape index (κ1) is 20.6. The summed E-state index contributed by atoms with van der Waals surface area (Å²) in [5, 5.41) is 1.09. The van der Waals surface area contributed by atoms with Crippen LogP contribution in [-0.2, 0) is 11.2 Å². The Bertz CT molecular complexity index is 617. The molecule has 1 aliphatic heterocycles. The maximum Gasteiger partial charge on any atom is 0.405 e. The summed E-state index contributed by atoms with van der Waals surface area (Å²) in [5.41, 5.74) is 2.55. The number of hydrogen-bond donors (Lipinski definition) is 1. The van der Waals surface area contributed by atoms with Gasteiger partial charge in [-0.1, -0.05) is 24.6 Å². The highest BCUT2D eigenvalue weighted by Gasteiger charge is 2.51. The minimum atomic E-state index is -4.39. The van der Waals surface area contributed by atoms with Crippen LogP contribution in [0.5, 0.6) is 5.75 Å². The van der Waals surface area contributed by atoms with Crippen LogP contribution in [0.1, 0.15) is 52.0 Å². The van der Waals surface area contributed by atoms with Crippen LogP contribution in [0.4, 0.5) is 13.2 Å². The van der Waals surface area contributed by atoms with E-state index in [0.717, 1.165) is 16.3 Å². The van der Waals surface area contributed by atoms with E-state index >= 15 is 0 Å². The van der Waals surface area contributed by atoms with Gasteiger partial charge in [-0.15, -0.1) is 0 Å². The van der Waals surface area contributed by atoms with Gasteiger partial charge in [0.2, 0.25) is 5.91 Å². The molecule has 7 heteroatoms. The molecule has 1 unspecified atom stereocenters. The zero-order chi connectivity index (χ0) is 19.4. The number of aryl methyl sites for hydroxylation is 1. The smallest absolute Gasteiger partial charge is 0.405 e.